The Balaban J connectivity index is 1.97. The maximum Gasteiger partial charge on any atom is 0.251 e. The highest BCUT2D eigenvalue weighted by Crippen LogP contribution is 2.15. The number of carbonyl (C=O) groups excluding carboxylic acids is 2. The molecule has 0 atom stereocenters. The van der Waals surface area contributed by atoms with E-state index in [-0.39, 0.29) is 24.9 Å². The molecule has 0 aliphatic rings. The number of carbonyl (C=O) groups is 2. The first-order valence-corrected chi connectivity index (χ1v) is 7.42. The van der Waals surface area contributed by atoms with Gasteiger partial charge in [0.2, 0.25) is 5.91 Å². The number of nitrogens with one attached hydrogen (secondary N) is 1. The molecule has 0 spiro atoms. The number of rotatable bonds is 5. The third-order valence-corrected chi connectivity index (χ3v) is 3.44. The molecule has 0 unspecified atom stereocenters. The maximum atomic E-state index is 13.3. The normalized spacial score (nSPS) is 10.2. The van der Waals surface area contributed by atoms with Crippen molar-refractivity contribution in [2.45, 2.75) is 6.92 Å². The lowest BCUT2D eigenvalue weighted by molar-refractivity contribution is -0.116. The van der Waals surface area contributed by atoms with E-state index in [1.807, 2.05) is 0 Å². The van der Waals surface area contributed by atoms with Crippen molar-refractivity contribution in [1.29, 1.82) is 0 Å². The van der Waals surface area contributed by atoms with Crippen LogP contribution in [0.4, 0.5) is 10.1 Å². The molecular weight excluding hydrogens is 319 g/mol. The summed E-state index contributed by atoms with van der Waals surface area (Å²) in [5, 5.41) is 3.19. The minimum absolute atomic E-state index is 0.229. The zero-order valence-electron chi connectivity index (χ0n) is 12.6. The molecule has 0 saturated heterocycles. The van der Waals surface area contributed by atoms with Crippen LogP contribution >= 0.6 is 11.6 Å². The highest BCUT2D eigenvalue weighted by molar-refractivity contribution is 6.30. The van der Waals surface area contributed by atoms with Crippen LogP contribution in [0.5, 0.6) is 0 Å². The summed E-state index contributed by atoms with van der Waals surface area (Å²) in [4.78, 5) is 25.1. The Labute approximate surface area is 138 Å². The summed E-state index contributed by atoms with van der Waals surface area (Å²) in [6.07, 6.45) is 0. The van der Waals surface area contributed by atoms with E-state index >= 15 is 0 Å². The Bertz CT molecular complexity index is 721. The lowest BCUT2D eigenvalue weighted by Crippen LogP contribution is -2.37. The number of amides is 2. The van der Waals surface area contributed by atoms with Gasteiger partial charge in [0.1, 0.15) is 5.82 Å². The van der Waals surface area contributed by atoms with Gasteiger partial charge in [-0.05, 0) is 36.4 Å². The largest absolute Gasteiger partial charge is 0.350 e. The van der Waals surface area contributed by atoms with E-state index in [9.17, 15) is 14.0 Å². The lowest BCUT2D eigenvalue weighted by atomic mass is 10.2. The molecule has 2 aromatic rings. The summed E-state index contributed by atoms with van der Waals surface area (Å²) >= 11 is 5.84. The van der Waals surface area contributed by atoms with E-state index in [1.54, 1.807) is 30.3 Å². The molecule has 2 aromatic carbocycles. The first kappa shape index (κ1) is 17.0. The van der Waals surface area contributed by atoms with Gasteiger partial charge in [-0.2, -0.15) is 0 Å². The number of benzene rings is 2. The number of anilines is 1. The molecule has 4 nitrogen and oxygen atoms in total. The summed E-state index contributed by atoms with van der Waals surface area (Å²) in [5.41, 5.74) is 0.895. The molecule has 0 heterocycles. The molecule has 0 aromatic heterocycles. The number of hydrogen-bond acceptors (Lipinski definition) is 2. The summed E-state index contributed by atoms with van der Waals surface area (Å²) in [6.45, 7) is 1.87. The first-order valence-electron chi connectivity index (χ1n) is 7.05. The zero-order valence-corrected chi connectivity index (χ0v) is 13.3. The Kier molecular flexibility index (Phi) is 5.71. The second kappa shape index (κ2) is 7.74. The van der Waals surface area contributed by atoms with Crippen molar-refractivity contribution < 1.29 is 14.0 Å². The van der Waals surface area contributed by atoms with Crippen LogP contribution in [-0.4, -0.2) is 24.9 Å². The van der Waals surface area contributed by atoms with E-state index in [4.69, 9.17) is 11.6 Å². The van der Waals surface area contributed by atoms with Crippen LogP contribution in [0.25, 0.3) is 0 Å². The fourth-order valence-electron chi connectivity index (χ4n) is 2.13. The van der Waals surface area contributed by atoms with Crippen LogP contribution in [0.1, 0.15) is 17.3 Å². The molecule has 0 saturated carbocycles. The summed E-state index contributed by atoms with van der Waals surface area (Å²) in [5.74, 6) is -0.931. The Morgan fingerprint density at radius 2 is 1.91 bits per heavy atom. The minimum atomic E-state index is -0.420. The fraction of sp³-hybridized carbons (Fsp3) is 0.176. The zero-order chi connectivity index (χ0) is 16.8. The van der Waals surface area contributed by atoms with Gasteiger partial charge in [0, 0.05) is 36.3 Å². The predicted octanol–water partition coefficient (Wildman–Crippen LogP) is 3.26. The quantitative estimate of drug-likeness (QED) is 0.912. The van der Waals surface area contributed by atoms with Gasteiger partial charge < -0.3 is 10.2 Å². The second-order valence-corrected chi connectivity index (χ2v) is 5.35. The third-order valence-electron chi connectivity index (χ3n) is 3.21. The topological polar surface area (TPSA) is 49.4 Å². The summed E-state index contributed by atoms with van der Waals surface area (Å²) in [7, 11) is 0. The van der Waals surface area contributed by atoms with Crippen LogP contribution in [0.15, 0.2) is 48.5 Å². The fourth-order valence-corrected chi connectivity index (χ4v) is 2.32. The molecule has 2 rings (SSSR count). The van der Waals surface area contributed by atoms with Crippen molar-refractivity contribution in [3.05, 3.63) is 64.9 Å². The van der Waals surface area contributed by atoms with Crippen molar-refractivity contribution in [3.63, 3.8) is 0 Å². The van der Waals surface area contributed by atoms with Crippen LogP contribution in [0, 0.1) is 5.82 Å². The van der Waals surface area contributed by atoms with Crippen molar-refractivity contribution in [1.82, 2.24) is 5.32 Å². The van der Waals surface area contributed by atoms with E-state index in [1.165, 1.54) is 30.0 Å². The van der Waals surface area contributed by atoms with Crippen molar-refractivity contribution in [2.75, 3.05) is 18.0 Å². The Morgan fingerprint density at radius 3 is 2.57 bits per heavy atom. The minimum Gasteiger partial charge on any atom is -0.350 e. The van der Waals surface area contributed by atoms with Gasteiger partial charge in [-0.15, -0.1) is 0 Å². The van der Waals surface area contributed by atoms with E-state index in [0.29, 0.717) is 16.3 Å². The first-order chi connectivity index (χ1) is 11.0. The van der Waals surface area contributed by atoms with Crippen LogP contribution in [0.2, 0.25) is 5.02 Å². The number of nitrogens with zero attached hydrogens (tertiary/aromatic N) is 1. The molecule has 0 aliphatic carbocycles. The number of halogens is 2. The van der Waals surface area contributed by atoms with Crippen molar-refractivity contribution >= 4 is 29.1 Å². The average molecular weight is 335 g/mol. The lowest BCUT2D eigenvalue weighted by Gasteiger charge is -2.21. The van der Waals surface area contributed by atoms with Gasteiger partial charge in [-0.25, -0.2) is 4.39 Å². The Hall–Kier alpha value is -2.40. The average Bonchev–Trinajstić information content (AvgIpc) is 2.51. The van der Waals surface area contributed by atoms with Gasteiger partial charge in [-0.3, -0.25) is 9.59 Å². The highest BCUT2D eigenvalue weighted by atomic mass is 35.5. The van der Waals surface area contributed by atoms with Crippen molar-refractivity contribution in [2.24, 2.45) is 0 Å². The molecule has 23 heavy (non-hydrogen) atoms. The van der Waals surface area contributed by atoms with Gasteiger partial charge in [0.15, 0.2) is 0 Å². The van der Waals surface area contributed by atoms with Gasteiger partial charge >= 0.3 is 0 Å². The van der Waals surface area contributed by atoms with Crippen molar-refractivity contribution in [3.8, 4) is 0 Å². The van der Waals surface area contributed by atoms with Gasteiger partial charge in [0.25, 0.3) is 5.91 Å². The molecule has 120 valence electrons. The summed E-state index contributed by atoms with van der Waals surface area (Å²) in [6, 6.07) is 12.3. The third kappa shape index (κ3) is 4.79. The SMILES string of the molecule is CC(=O)N(CCNC(=O)c1cccc(Cl)c1)c1cccc(F)c1. The molecule has 0 fully saturated rings. The standard InChI is InChI=1S/C17H16ClFN2O2/c1-12(22)21(16-7-3-6-15(19)11-16)9-8-20-17(23)13-4-2-5-14(18)10-13/h2-7,10-11H,8-9H2,1H3,(H,20,23). The molecule has 2 amide bonds. The van der Waals surface area contributed by atoms with E-state index < -0.39 is 5.82 Å². The maximum absolute atomic E-state index is 13.3. The molecular formula is C17H16ClFN2O2. The number of hydrogen-bond donors (Lipinski definition) is 1. The smallest absolute Gasteiger partial charge is 0.251 e. The van der Waals surface area contributed by atoms with E-state index in [0.717, 1.165) is 0 Å². The van der Waals surface area contributed by atoms with Gasteiger partial charge in [-0.1, -0.05) is 23.7 Å². The molecule has 0 bridgehead atoms. The predicted molar refractivity (Wildman–Crippen MR) is 88.2 cm³/mol. The molecule has 0 radical (unpaired) electrons. The van der Waals surface area contributed by atoms with E-state index in [2.05, 4.69) is 5.32 Å². The van der Waals surface area contributed by atoms with Crippen LogP contribution in [0.3, 0.4) is 0 Å². The molecule has 1 N–H and O–H groups in total. The molecule has 6 heteroatoms. The van der Waals surface area contributed by atoms with Gasteiger partial charge in [0.05, 0.1) is 0 Å². The molecule has 0 aliphatic heterocycles. The van der Waals surface area contributed by atoms with Crippen LogP contribution < -0.4 is 10.2 Å². The second-order valence-electron chi connectivity index (χ2n) is 4.92. The monoisotopic (exact) mass is 334 g/mol. The van der Waals surface area contributed by atoms with Crippen LogP contribution in [-0.2, 0) is 4.79 Å². The Morgan fingerprint density at radius 1 is 1.17 bits per heavy atom. The highest BCUT2D eigenvalue weighted by Gasteiger charge is 2.13. The summed E-state index contributed by atoms with van der Waals surface area (Å²) < 4.78 is 13.3.